The molecular weight excluding hydrogens is 320 g/mol. The van der Waals surface area contributed by atoms with E-state index in [0.29, 0.717) is 11.1 Å². The lowest BCUT2D eigenvalue weighted by Gasteiger charge is -2.37. The van der Waals surface area contributed by atoms with Crippen LogP contribution in [0.4, 0.5) is 0 Å². The van der Waals surface area contributed by atoms with E-state index in [1.165, 1.54) is 12.3 Å². The van der Waals surface area contributed by atoms with Crippen LogP contribution in [-0.4, -0.2) is 21.9 Å². The predicted octanol–water partition coefficient (Wildman–Crippen LogP) is 3.24. The molecule has 0 amide bonds. The first-order valence-electron chi connectivity index (χ1n) is 8.11. The van der Waals surface area contributed by atoms with Gasteiger partial charge in [-0.15, -0.1) is 0 Å². The lowest BCUT2D eigenvalue weighted by Crippen LogP contribution is -2.46. The number of ether oxygens (including phenoxy) is 1. The molecule has 2 heterocycles. The van der Waals surface area contributed by atoms with Crippen LogP contribution < -0.4 is 10.2 Å². The molecule has 0 spiro atoms. The highest BCUT2D eigenvalue weighted by Crippen LogP contribution is 2.42. The van der Waals surface area contributed by atoms with E-state index in [1.54, 1.807) is 13.8 Å². The van der Waals surface area contributed by atoms with Gasteiger partial charge in [0.2, 0.25) is 5.43 Å². The van der Waals surface area contributed by atoms with Crippen molar-refractivity contribution in [2.75, 3.05) is 0 Å². The van der Waals surface area contributed by atoms with Gasteiger partial charge in [-0.25, -0.2) is 0 Å². The number of benzene rings is 2. The van der Waals surface area contributed by atoms with Crippen LogP contribution in [-0.2, 0) is 6.42 Å². The van der Waals surface area contributed by atoms with E-state index in [1.807, 2.05) is 30.3 Å². The van der Waals surface area contributed by atoms with E-state index in [2.05, 4.69) is 0 Å². The van der Waals surface area contributed by atoms with Gasteiger partial charge in [0.15, 0.2) is 0 Å². The summed E-state index contributed by atoms with van der Waals surface area (Å²) in [5.41, 5.74) is 0.757. The molecule has 0 radical (unpaired) electrons. The van der Waals surface area contributed by atoms with Gasteiger partial charge >= 0.3 is 0 Å². The second-order valence-electron chi connectivity index (χ2n) is 6.85. The highest BCUT2D eigenvalue weighted by Gasteiger charge is 2.38. The third kappa shape index (κ3) is 2.39. The minimum Gasteiger partial charge on any atom is -0.507 e. The van der Waals surface area contributed by atoms with Gasteiger partial charge in [0.1, 0.15) is 34.3 Å². The molecule has 5 heteroatoms. The zero-order chi connectivity index (χ0) is 17.8. The monoisotopic (exact) mass is 338 g/mol. The first-order chi connectivity index (χ1) is 11.9. The molecule has 1 aliphatic rings. The van der Waals surface area contributed by atoms with Crippen LogP contribution in [0.3, 0.4) is 0 Å². The third-order valence-electron chi connectivity index (χ3n) is 4.75. The molecule has 4 rings (SSSR count). The highest BCUT2D eigenvalue weighted by molar-refractivity contribution is 5.90. The van der Waals surface area contributed by atoms with Gasteiger partial charge in [0.25, 0.3) is 0 Å². The number of hydrogen-bond donors (Lipinski definition) is 2. The van der Waals surface area contributed by atoms with Crippen LogP contribution >= 0.6 is 0 Å². The van der Waals surface area contributed by atoms with Crippen molar-refractivity contribution >= 4 is 11.0 Å². The Morgan fingerprint density at radius 2 is 1.92 bits per heavy atom. The quantitative estimate of drug-likeness (QED) is 0.712. The average Bonchev–Trinajstić information content (AvgIpc) is 2.57. The van der Waals surface area contributed by atoms with Crippen molar-refractivity contribution in [2.45, 2.75) is 32.0 Å². The Hall–Kier alpha value is -2.79. The van der Waals surface area contributed by atoms with Gasteiger partial charge in [-0.2, -0.15) is 0 Å². The molecule has 1 unspecified atom stereocenters. The van der Waals surface area contributed by atoms with E-state index in [-0.39, 0.29) is 34.3 Å². The SMILES string of the molecule is CC1(C)Oc2c(c(O)cc3occ(-c4ccccc4)c(=O)c23)CC1O. The van der Waals surface area contributed by atoms with E-state index in [9.17, 15) is 15.0 Å². The van der Waals surface area contributed by atoms with Crippen LogP contribution in [0.5, 0.6) is 11.5 Å². The lowest BCUT2D eigenvalue weighted by molar-refractivity contribution is -0.0406. The minimum atomic E-state index is -0.872. The summed E-state index contributed by atoms with van der Waals surface area (Å²) in [5.74, 6) is 0.240. The number of aromatic hydroxyl groups is 1. The smallest absolute Gasteiger partial charge is 0.204 e. The summed E-state index contributed by atoms with van der Waals surface area (Å²) >= 11 is 0. The van der Waals surface area contributed by atoms with Gasteiger partial charge in [0, 0.05) is 18.1 Å². The fourth-order valence-corrected chi connectivity index (χ4v) is 3.18. The molecule has 0 aliphatic carbocycles. The predicted molar refractivity (Wildman–Crippen MR) is 94.0 cm³/mol. The lowest BCUT2D eigenvalue weighted by atomic mass is 9.89. The average molecular weight is 338 g/mol. The summed E-state index contributed by atoms with van der Waals surface area (Å²) in [6.07, 6.45) is 0.820. The number of rotatable bonds is 1. The van der Waals surface area contributed by atoms with E-state index in [4.69, 9.17) is 9.15 Å². The van der Waals surface area contributed by atoms with Crippen LogP contribution in [0.15, 0.2) is 51.9 Å². The standard InChI is InChI=1S/C20H18O5/c1-20(2)16(22)8-12-14(21)9-15-17(19(12)25-20)18(23)13(10-24-15)11-6-4-3-5-7-11/h3-7,9-10,16,21-22H,8H2,1-2H3. The molecule has 1 atom stereocenters. The van der Waals surface area contributed by atoms with Gasteiger partial charge in [-0.1, -0.05) is 30.3 Å². The number of aliphatic hydroxyl groups is 1. The molecule has 2 N–H and O–H groups in total. The maximum absolute atomic E-state index is 13.1. The molecule has 3 aromatic rings. The Labute approximate surface area is 144 Å². The molecule has 0 bridgehead atoms. The molecule has 5 nitrogen and oxygen atoms in total. The number of aliphatic hydroxyl groups excluding tert-OH is 1. The number of phenols is 1. The molecular formula is C20H18O5. The fourth-order valence-electron chi connectivity index (χ4n) is 3.18. The molecule has 0 saturated carbocycles. The summed E-state index contributed by atoms with van der Waals surface area (Å²) in [7, 11) is 0. The Balaban J connectivity index is 2.04. The van der Waals surface area contributed by atoms with Crippen molar-refractivity contribution in [1.82, 2.24) is 0 Å². The Morgan fingerprint density at radius 1 is 1.20 bits per heavy atom. The van der Waals surface area contributed by atoms with Crippen molar-refractivity contribution in [1.29, 1.82) is 0 Å². The molecule has 0 fully saturated rings. The highest BCUT2D eigenvalue weighted by atomic mass is 16.5. The van der Waals surface area contributed by atoms with Gasteiger partial charge in [0.05, 0.1) is 11.7 Å². The zero-order valence-electron chi connectivity index (χ0n) is 13.9. The van der Waals surface area contributed by atoms with Crippen molar-refractivity contribution in [3.63, 3.8) is 0 Å². The molecule has 128 valence electrons. The second-order valence-corrected chi connectivity index (χ2v) is 6.85. The maximum Gasteiger partial charge on any atom is 0.204 e. The number of hydrogen-bond acceptors (Lipinski definition) is 5. The van der Waals surface area contributed by atoms with Crippen LogP contribution in [0.25, 0.3) is 22.1 Å². The number of phenolic OH excluding ortho intramolecular Hbond substituents is 1. The Kier molecular flexibility index (Phi) is 3.37. The normalized spacial score (nSPS) is 18.6. The summed E-state index contributed by atoms with van der Waals surface area (Å²) < 4.78 is 11.5. The van der Waals surface area contributed by atoms with E-state index < -0.39 is 11.7 Å². The zero-order valence-corrected chi connectivity index (χ0v) is 13.9. The van der Waals surface area contributed by atoms with Gasteiger partial charge in [-0.05, 0) is 19.4 Å². The van der Waals surface area contributed by atoms with Crippen LogP contribution in [0, 0.1) is 0 Å². The molecule has 1 aliphatic heterocycles. The van der Waals surface area contributed by atoms with E-state index in [0.717, 1.165) is 5.56 Å². The summed E-state index contributed by atoms with van der Waals surface area (Å²) in [4.78, 5) is 13.1. The van der Waals surface area contributed by atoms with Crippen molar-refractivity contribution in [2.24, 2.45) is 0 Å². The first kappa shape index (κ1) is 15.7. The molecule has 25 heavy (non-hydrogen) atoms. The van der Waals surface area contributed by atoms with Crippen LogP contribution in [0.2, 0.25) is 0 Å². The third-order valence-corrected chi connectivity index (χ3v) is 4.75. The van der Waals surface area contributed by atoms with Crippen LogP contribution in [0.1, 0.15) is 19.4 Å². The molecule has 2 aromatic carbocycles. The van der Waals surface area contributed by atoms with Gasteiger partial charge in [-0.3, -0.25) is 4.79 Å². The summed E-state index contributed by atoms with van der Waals surface area (Å²) in [6.45, 7) is 3.50. The van der Waals surface area contributed by atoms with Crippen molar-refractivity contribution < 1.29 is 19.4 Å². The van der Waals surface area contributed by atoms with Crippen molar-refractivity contribution in [3.8, 4) is 22.6 Å². The summed E-state index contributed by atoms with van der Waals surface area (Å²) in [5, 5.41) is 20.8. The summed E-state index contributed by atoms with van der Waals surface area (Å²) in [6, 6.07) is 10.6. The number of fused-ring (bicyclic) bond motifs is 3. The Bertz CT molecular complexity index is 1020. The second kappa shape index (κ2) is 5.36. The fraction of sp³-hybridized carbons (Fsp3) is 0.250. The minimum absolute atomic E-state index is 0.0485. The topological polar surface area (TPSA) is 79.9 Å². The molecule has 0 saturated heterocycles. The van der Waals surface area contributed by atoms with E-state index >= 15 is 0 Å². The van der Waals surface area contributed by atoms with Crippen molar-refractivity contribution in [3.05, 3.63) is 58.4 Å². The largest absolute Gasteiger partial charge is 0.507 e. The Morgan fingerprint density at radius 3 is 2.64 bits per heavy atom. The first-order valence-corrected chi connectivity index (χ1v) is 8.11. The maximum atomic E-state index is 13.1. The van der Waals surface area contributed by atoms with Gasteiger partial charge < -0.3 is 19.4 Å². The molecule has 1 aromatic heterocycles.